The zero-order valence-electron chi connectivity index (χ0n) is 45.6. The van der Waals surface area contributed by atoms with Crippen LogP contribution < -0.4 is 18.9 Å². The van der Waals surface area contributed by atoms with Gasteiger partial charge in [0.05, 0.1) is 24.0 Å². The SMILES string of the molecule is OC(COc1ccc(C2(c3ccc(OCC4CO4)cc3)c3ccccc3C(c3ccccc3)C2c2ccccc2)cc1)COc1ccc(C2(c3ccc(OCC4CO4)cc3)c3ccccc3C(c3ccccc3)C2c2ccccc2)cc1. The molecular formula is C75H64O7. The summed E-state index contributed by atoms with van der Waals surface area (Å²) >= 11 is 0. The lowest BCUT2D eigenvalue weighted by atomic mass is 9.61. The van der Waals surface area contributed by atoms with E-state index in [9.17, 15) is 5.11 Å². The third kappa shape index (κ3) is 9.62. The van der Waals surface area contributed by atoms with Crippen LogP contribution in [0.15, 0.2) is 267 Å². The summed E-state index contributed by atoms with van der Waals surface area (Å²) < 4.78 is 36.1. The molecule has 2 heterocycles. The van der Waals surface area contributed by atoms with Crippen molar-refractivity contribution in [3.8, 4) is 23.0 Å². The summed E-state index contributed by atoms with van der Waals surface area (Å²) in [6.07, 6.45) is -0.574. The molecule has 406 valence electrons. The highest BCUT2D eigenvalue weighted by Gasteiger charge is 2.56. The summed E-state index contributed by atoms with van der Waals surface area (Å²) in [6, 6.07) is 96.1. The molecule has 7 heteroatoms. The maximum Gasteiger partial charge on any atom is 0.122 e. The first-order valence-electron chi connectivity index (χ1n) is 28.8. The first-order valence-corrected chi connectivity index (χ1v) is 28.8. The minimum Gasteiger partial charge on any atom is -0.491 e. The van der Waals surface area contributed by atoms with Crippen molar-refractivity contribution in [2.45, 2.75) is 52.8 Å². The highest BCUT2D eigenvalue weighted by atomic mass is 16.6. The summed E-state index contributed by atoms with van der Waals surface area (Å²) in [6.45, 7) is 2.67. The first-order chi connectivity index (χ1) is 40.6. The number of fused-ring (bicyclic) bond motifs is 2. The Labute approximate surface area is 480 Å². The monoisotopic (exact) mass is 1080 g/mol. The third-order valence-corrected chi connectivity index (χ3v) is 17.5. The van der Waals surface area contributed by atoms with E-state index in [1.54, 1.807) is 0 Å². The van der Waals surface area contributed by atoms with Crippen LogP contribution in [0.3, 0.4) is 0 Å². The van der Waals surface area contributed by atoms with E-state index in [4.69, 9.17) is 28.4 Å². The molecule has 7 nitrogen and oxygen atoms in total. The Hall–Kier alpha value is -8.72. The molecule has 0 amide bonds. The van der Waals surface area contributed by atoms with Gasteiger partial charge in [-0.25, -0.2) is 0 Å². The second-order valence-corrected chi connectivity index (χ2v) is 22.2. The predicted octanol–water partition coefficient (Wildman–Crippen LogP) is 14.6. The van der Waals surface area contributed by atoms with Crippen LogP contribution in [0.2, 0.25) is 0 Å². The Bertz CT molecular complexity index is 3490. The smallest absolute Gasteiger partial charge is 0.122 e. The molecule has 8 unspecified atom stereocenters. The highest BCUT2D eigenvalue weighted by molar-refractivity contribution is 5.68. The van der Waals surface area contributed by atoms with E-state index in [0.717, 1.165) is 35.8 Å². The summed E-state index contributed by atoms with van der Waals surface area (Å²) in [4.78, 5) is 0. The second kappa shape index (κ2) is 22.3. The Morgan fingerprint density at radius 3 is 0.939 bits per heavy atom. The lowest BCUT2D eigenvalue weighted by Crippen LogP contribution is -2.34. The van der Waals surface area contributed by atoms with Crippen LogP contribution in [0.1, 0.15) is 90.4 Å². The van der Waals surface area contributed by atoms with Crippen LogP contribution in [-0.4, -0.2) is 63.1 Å². The Morgan fingerprint density at radius 1 is 0.341 bits per heavy atom. The van der Waals surface area contributed by atoms with Crippen molar-refractivity contribution in [1.82, 2.24) is 0 Å². The van der Waals surface area contributed by atoms with E-state index in [1.807, 2.05) is 24.3 Å². The summed E-state index contributed by atoms with van der Waals surface area (Å²) in [5, 5.41) is 11.5. The van der Waals surface area contributed by atoms with Gasteiger partial charge in [-0.3, -0.25) is 0 Å². The molecule has 0 radical (unpaired) electrons. The van der Waals surface area contributed by atoms with Crippen LogP contribution in [0, 0.1) is 0 Å². The first kappa shape index (κ1) is 51.4. The number of hydrogen-bond donors (Lipinski definition) is 1. The summed E-state index contributed by atoms with van der Waals surface area (Å²) in [7, 11) is 0. The lowest BCUT2D eigenvalue weighted by Gasteiger charge is -2.40. The average molecular weight is 1080 g/mol. The number of epoxide rings is 2. The number of rotatable bonds is 20. The van der Waals surface area contributed by atoms with Gasteiger partial charge < -0.3 is 33.5 Å². The Morgan fingerprint density at radius 2 is 0.622 bits per heavy atom. The predicted molar refractivity (Wildman–Crippen MR) is 321 cm³/mol. The molecule has 0 saturated carbocycles. The fourth-order valence-corrected chi connectivity index (χ4v) is 13.8. The molecule has 10 aromatic rings. The van der Waals surface area contributed by atoms with Crippen LogP contribution in [0.25, 0.3) is 0 Å². The number of benzene rings is 10. The van der Waals surface area contributed by atoms with Crippen LogP contribution in [-0.2, 0) is 20.3 Å². The molecule has 2 fully saturated rings. The highest BCUT2D eigenvalue weighted by Crippen LogP contribution is 2.65. The van der Waals surface area contributed by atoms with E-state index in [2.05, 4.69) is 243 Å². The molecule has 14 rings (SSSR count). The van der Waals surface area contributed by atoms with Crippen molar-refractivity contribution < 1.29 is 33.5 Å². The van der Waals surface area contributed by atoms with Gasteiger partial charge in [-0.1, -0.05) is 218 Å². The van der Waals surface area contributed by atoms with Gasteiger partial charge in [-0.2, -0.15) is 0 Å². The van der Waals surface area contributed by atoms with Crippen LogP contribution >= 0.6 is 0 Å². The molecule has 4 aliphatic rings. The number of hydrogen-bond acceptors (Lipinski definition) is 7. The lowest BCUT2D eigenvalue weighted by molar-refractivity contribution is 0.0626. The normalized spacial score (nSPS) is 23.2. The Balaban J connectivity index is 0.744. The maximum atomic E-state index is 11.5. The zero-order chi connectivity index (χ0) is 54.9. The molecule has 2 aliphatic carbocycles. The topological polar surface area (TPSA) is 82.2 Å². The molecule has 0 spiro atoms. The van der Waals surface area contributed by atoms with Gasteiger partial charge >= 0.3 is 0 Å². The van der Waals surface area contributed by atoms with E-state index in [0.29, 0.717) is 24.7 Å². The maximum absolute atomic E-state index is 11.5. The Kier molecular flexibility index (Phi) is 14.0. The quantitative estimate of drug-likeness (QED) is 0.0762. The van der Waals surface area contributed by atoms with Crippen molar-refractivity contribution in [3.05, 3.63) is 334 Å². The fraction of sp³-hybridized carbons (Fsp3) is 0.200. The van der Waals surface area contributed by atoms with Gasteiger partial charge in [0, 0.05) is 23.7 Å². The third-order valence-electron chi connectivity index (χ3n) is 17.5. The molecule has 2 saturated heterocycles. The average Bonchev–Trinajstić information content (AvgIpc) is 4.39. The molecule has 10 aromatic carbocycles. The molecule has 2 aliphatic heterocycles. The second-order valence-electron chi connectivity index (χ2n) is 22.2. The van der Waals surface area contributed by atoms with E-state index >= 15 is 0 Å². The van der Waals surface area contributed by atoms with Gasteiger partial charge in [0.25, 0.3) is 0 Å². The van der Waals surface area contributed by atoms with Gasteiger partial charge in [-0.05, 0) is 115 Å². The minimum atomic E-state index is -0.900. The number of aliphatic hydroxyl groups is 1. The summed E-state index contributed by atoms with van der Waals surface area (Å²) in [5.74, 6) is 3.09. The van der Waals surface area contributed by atoms with Crippen molar-refractivity contribution in [2.24, 2.45) is 0 Å². The molecule has 82 heavy (non-hydrogen) atoms. The molecule has 8 atom stereocenters. The van der Waals surface area contributed by atoms with Crippen molar-refractivity contribution in [3.63, 3.8) is 0 Å². The van der Waals surface area contributed by atoms with Gasteiger partial charge in [0.1, 0.15) is 67.7 Å². The minimum absolute atomic E-state index is 0.00451. The molecular weight excluding hydrogens is 1010 g/mol. The van der Waals surface area contributed by atoms with Gasteiger partial charge in [-0.15, -0.1) is 0 Å². The van der Waals surface area contributed by atoms with E-state index in [-0.39, 0.29) is 49.1 Å². The molecule has 0 bridgehead atoms. The molecule has 0 aromatic heterocycles. The van der Waals surface area contributed by atoms with Crippen molar-refractivity contribution in [2.75, 3.05) is 39.6 Å². The largest absolute Gasteiger partial charge is 0.491 e. The zero-order valence-corrected chi connectivity index (χ0v) is 45.6. The van der Waals surface area contributed by atoms with Gasteiger partial charge in [0.15, 0.2) is 0 Å². The van der Waals surface area contributed by atoms with Crippen LogP contribution in [0.4, 0.5) is 0 Å². The number of ether oxygens (including phenoxy) is 6. The molecule has 1 N–H and O–H groups in total. The van der Waals surface area contributed by atoms with Crippen LogP contribution in [0.5, 0.6) is 23.0 Å². The van der Waals surface area contributed by atoms with E-state index < -0.39 is 16.9 Å². The summed E-state index contributed by atoms with van der Waals surface area (Å²) in [5.41, 5.74) is 13.6. The standard InChI is InChI=1S/C75H64O7/c76-59(45-77-60-37-29-55(30-38-60)74(57-33-41-62(42-34-57)79-47-64-49-81-64)68-27-15-13-25-66(68)70(51-17-5-1-6-18-51)72(74)53-21-9-3-10-22-53)46-78-61-39-31-56(32-40-61)75(58-35-43-63(44-36-58)80-48-65-50-82-65)69-28-16-14-26-67(69)71(52-19-7-2-8-20-52)73(75)54-23-11-4-12-24-54/h1-44,59,64-65,70-73,76H,45-50H2. The number of aliphatic hydroxyl groups excluding tert-OH is 1. The van der Waals surface area contributed by atoms with E-state index in [1.165, 1.54) is 55.6 Å². The fourth-order valence-electron chi connectivity index (χ4n) is 13.8. The van der Waals surface area contributed by atoms with Gasteiger partial charge in [0.2, 0.25) is 0 Å². The van der Waals surface area contributed by atoms with Crippen molar-refractivity contribution in [1.29, 1.82) is 0 Å². The van der Waals surface area contributed by atoms with Crippen molar-refractivity contribution >= 4 is 0 Å².